The molecule has 0 fully saturated rings. The summed E-state index contributed by atoms with van der Waals surface area (Å²) in [4.78, 5) is 23.8. The molecule has 138 valence electrons. The minimum absolute atomic E-state index is 0.0892. The molecule has 0 unspecified atom stereocenters. The topological polar surface area (TPSA) is 64.6 Å². The zero-order valence-corrected chi connectivity index (χ0v) is 13.8. The molecule has 8 heteroatoms. The van der Waals surface area contributed by atoms with E-state index in [9.17, 15) is 22.8 Å². The number of esters is 1. The molecule has 0 atom stereocenters. The summed E-state index contributed by atoms with van der Waals surface area (Å²) in [6, 6.07) is 10.4. The number of amides is 1. The van der Waals surface area contributed by atoms with E-state index in [1.165, 1.54) is 24.3 Å². The minimum Gasteiger partial charge on any atom is -0.484 e. The minimum atomic E-state index is -4.50. The van der Waals surface area contributed by atoms with Crippen LogP contribution in [0.4, 0.5) is 18.9 Å². The Balaban J connectivity index is 2.01. The molecule has 1 amide bonds. The van der Waals surface area contributed by atoms with Gasteiger partial charge in [0.05, 0.1) is 23.4 Å². The van der Waals surface area contributed by atoms with Crippen LogP contribution >= 0.6 is 0 Å². The van der Waals surface area contributed by atoms with Gasteiger partial charge in [-0.25, -0.2) is 4.79 Å². The number of alkyl halides is 3. The van der Waals surface area contributed by atoms with Crippen molar-refractivity contribution in [3.63, 3.8) is 0 Å². The molecule has 1 N–H and O–H groups in total. The number of nitrogens with one attached hydrogen (secondary N) is 1. The molecule has 0 bridgehead atoms. The molecule has 0 aromatic heterocycles. The van der Waals surface area contributed by atoms with Gasteiger partial charge in [-0.1, -0.05) is 18.2 Å². The zero-order valence-electron chi connectivity index (χ0n) is 13.8. The summed E-state index contributed by atoms with van der Waals surface area (Å²) >= 11 is 0. The number of halogens is 3. The number of hydrogen-bond acceptors (Lipinski definition) is 4. The standard InChI is InChI=1S/C18H16F3NO4/c1-2-25-17(24)14-8-3-4-9-15(14)22-16(23)11-26-13-7-5-6-12(10-13)18(19,20)21/h3-10H,2,11H2,1H3,(H,22,23). The number of carbonyl (C=O) groups excluding carboxylic acids is 2. The van der Waals surface area contributed by atoms with Crippen molar-refractivity contribution < 1.29 is 32.2 Å². The zero-order chi connectivity index (χ0) is 19.2. The van der Waals surface area contributed by atoms with Gasteiger partial charge < -0.3 is 14.8 Å². The van der Waals surface area contributed by atoms with Crippen molar-refractivity contribution >= 4 is 17.6 Å². The van der Waals surface area contributed by atoms with Crippen molar-refractivity contribution in [2.75, 3.05) is 18.5 Å². The van der Waals surface area contributed by atoms with Gasteiger partial charge in [-0.15, -0.1) is 0 Å². The maximum Gasteiger partial charge on any atom is 0.416 e. The van der Waals surface area contributed by atoms with Crippen LogP contribution < -0.4 is 10.1 Å². The van der Waals surface area contributed by atoms with Crippen molar-refractivity contribution in [3.8, 4) is 5.75 Å². The molecule has 0 radical (unpaired) electrons. The third-order valence-electron chi connectivity index (χ3n) is 3.23. The Hall–Kier alpha value is -3.03. The Bertz CT molecular complexity index is 790. The summed E-state index contributed by atoms with van der Waals surface area (Å²) < 4.78 is 48.0. The molecule has 0 aliphatic rings. The van der Waals surface area contributed by atoms with E-state index in [-0.39, 0.29) is 23.6 Å². The van der Waals surface area contributed by atoms with Crippen LogP contribution in [0.15, 0.2) is 48.5 Å². The predicted octanol–water partition coefficient (Wildman–Crippen LogP) is 3.90. The third-order valence-corrected chi connectivity index (χ3v) is 3.23. The van der Waals surface area contributed by atoms with Crippen LogP contribution in [0, 0.1) is 0 Å². The largest absolute Gasteiger partial charge is 0.484 e. The summed E-state index contributed by atoms with van der Waals surface area (Å²) in [6.07, 6.45) is -4.50. The fourth-order valence-electron chi connectivity index (χ4n) is 2.08. The van der Waals surface area contributed by atoms with E-state index in [4.69, 9.17) is 9.47 Å². The molecule has 2 aromatic carbocycles. The number of ether oxygens (including phenoxy) is 2. The van der Waals surface area contributed by atoms with Gasteiger partial charge in [0.25, 0.3) is 5.91 Å². The quantitative estimate of drug-likeness (QED) is 0.787. The van der Waals surface area contributed by atoms with Crippen LogP contribution in [-0.4, -0.2) is 25.1 Å². The number of hydrogen-bond donors (Lipinski definition) is 1. The Morgan fingerprint density at radius 3 is 2.50 bits per heavy atom. The van der Waals surface area contributed by atoms with Crippen molar-refractivity contribution in [3.05, 3.63) is 59.7 Å². The summed E-state index contributed by atoms with van der Waals surface area (Å²) in [5, 5.41) is 2.48. The second kappa shape index (κ2) is 8.37. The van der Waals surface area contributed by atoms with Gasteiger partial charge in [0.15, 0.2) is 6.61 Å². The fraction of sp³-hybridized carbons (Fsp3) is 0.222. The maximum atomic E-state index is 12.7. The van der Waals surface area contributed by atoms with Gasteiger partial charge in [0.2, 0.25) is 0 Å². The molecular formula is C18H16F3NO4. The highest BCUT2D eigenvalue weighted by Crippen LogP contribution is 2.31. The van der Waals surface area contributed by atoms with Gasteiger partial charge in [-0.2, -0.15) is 13.2 Å². The van der Waals surface area contributed by atoms with Crippen LogP contribution in [0.1, 0.15) is 22.8 Å². The lowest BCUT2D eigenvalue weighted by molar-refractivity contribution is -0.137. The van der Waals surface area contributed by atoms with E-state index in [1.54, 1.807) is 19.1 Å². The Morgan fingerprint density at radius 2 is 1.81 bits per heavy atom. The highest BCUT2D eigenvalue weighted by molar-refractivity contribution is 6.01. The number of rotatable bonds is 6. The molecule has 0 saturated heterocycles. The van der Waals surface area contributed by atoms with E-state index < -0.39 is 30.2 Å². The van der Waals surface area contributed by atoms with Crippen LogP contribution in [0.2, 0.25) is 0 Å². The Morgan fingerprint density at radius 1 is 1.08 bits per heavy atom. The number of benzene rings is 2. The third kappa shape index (κ3) is 5.23. The van der Waals surface area contributed by atoms with Crippen LogP contribution in [-0.2, 0) is 15.7 Å². The molecule has 5 nitrogen and oxygen atoms in total. The molecular weight excluding hydrogens is 351 g/mol. The first-order valence-corrected chi connectivity index (χ1v) is 7.67. The average molecular weight is 367 g/mol. The molecule has 0 aliphatic carbocycles. The van der Waals surface area contributed by atoms with Crippen LogP contribution in [0.5, 0.6) is 5.75 Å². The van der Waals surface area contributed by atoms with Gasteiger partial charge in [0.1, 0.15) is 5.75 Å². The average Bonchev–Trinajstić information content (AvgIpc) is 2.60. The van der Waals surface area contributed by atoms with Gasteiger partial charge in [-0.3, -0.25) is 4.79 Å². The van der Waals surface area contributed by atoms with E-state index in [2.05, 4.69) is 5.32 Å². The SMILES string of the molecule is CCOC(=O)c1ccccc1NC(=O)COc1cccc(C(F)(F)F)c1. The summed E-state index contributed by atoms with van der Waals surface area (Å²) in [5.74, 6) is -1.31. The van der Waals surface area contributed by atoms with Crippen LogP contribution in [0.25, 0.3) is 0 Å². The monoisotopic (exact) mass is 367 g/mol. The maximum absolute atomic E-state index is 12.7. The van der Waals surface area contributed by atoms with Crippen molar-refractivity contribution in [1.29, 1.82) is 0 Å². The lowest BCUT2D eigenvalue weighted by atomic mass is 10.2. The Labute approximate surface area is 147 Å². The van der Waals surface area contributed by atoms with E-state index >= 15 is 0 Å². The molecule has 0 aliphatic heterocycles. The highest BCUT2D eigenvalue weighted by atomic mass is 19.4. The fourth-order valence-corrected chi connectivity index (χ4v) is 2.08. The summed E-state index contributed by atoms with van der Waals surface area (Å²) in [7, 11) is 0. The summed E-state index contributed by atoms with van der Waals surface area (Å²) in [5.41, 5.74) is -0.478. The molecule has 26 heavy (non-hydrogen) atoms. The van der Waals surface area contributed by atoms with Gasteiger partial charge in [-0.05, 0) is 37.3 Å². The highest BCUT2D eigenvalue weighted by Gasteiger charge is 2.30. The first-order chi connectivity index (χ1) is 12.3. The molecule has 0 heterocycles. The van der Waals surface area contributed by atoms with Gasteiger partial charge >= 0.3 is 12.1 Å². The lowest BCUT2D eigenvalue weighted by Gasteiger charge is -2.12. The Kier molecular flexibility index (Phi) is 6.21. The molecule has 2 aromatic rings. The molecule has 0 spiro atoms. The number of para-hydroxylation sites is 1. The lowest BCUT2D eigenvalue weighted by Crippen LogP contribution is -2.22. The normalized spacial score (nSPS) is 10.9. The number of anilines is 1. The first kappa shape index (κ1) is 19.3. The van der Waals surface area contributed by atoms with E-state index in [0.717, 1.165) is 12.1 Å². The first-order valence-electron chi connectivity index (χ1n) is 7.67. The van der Waals surface area contributed by atoms with Crippen LogP contribution in [0.3, 0.4) is 0 Å². The van der Waals surface area contributed by atoms with Crippen molar-refractivity contribution in [1.82, 2.24) is 0 Å². The van der Waals surface area contributed by atoms with Crippen molar-refractivity contribution in [2.45, 2.75) is 13.1 Å². The summed E-state index contributed by atoms with van der Waals surface area (Å²) in [6.45, 7) is 1.32. The molecule has 2 rings (SSSR count). The van der Waals surface area contributed by atoms with Crippen molar-refractivity contribution in [2.24, 2.45) is 0 Å². The van der Waals surface area contributed by atoms with E-state index in [1.807, 2.05) is 0 Å². The second-order valence-corrected chi connectivity index (χ2v) is 5.13. The number of carbonyl (C=O) groups is 2. The predicted molar refractivity (Wildman–Crippen MR) is 88.0 cm³/mol. The second-order valence-electron chi connectivity index (χ2n) is 5.13. The molecule has 0 saturated carbocycles. The van der Waals surface area contributed by atoms with E-state index in [0.29, 0.717) is 0 Å². The van der Waals surface area contributed by atoms with Gasteiger partial charge in [0, 0.05) is 0 Å². The smallest absolute Gasteiger partial charge is 0.416 e.